The number of hydrogen-bond donors (Lipinski definition) is 2. The van der Waals surface area contributed by atoms with Crippen LogP contribution in [0.2, 0.25) is 5.02 Å². The molecular formula is C20H31Cl3N6O3S. The van der Waals surface area contributed by atoms with Crippen LogP contribution in [0.5, 0.6) is 0 Å². The Hall–Kier alpha value is -1.30. The van der Waals surface area contributed by atoms with Gasteiger partial charge in [-0.15, -0.1) is 35.0 Å². The molecule has 2 aromatic rings. The van der Waals surface area contributed by atoms with E-state index in [9.17, 15) is 8.42 Å². The van der Waals surface area contributed by atoms with Crippen molar-refractivity contribution in [2.45, 2.75) is 37.5 Å². The fourth-order valence-electron chi connectivity index (χ4n) is 4.55. The predicted octanol–water partition coefficient (Wildman–Crippen LogP) is 2.21. The molecule has 0 saturated carbocycles. The zero-order valence-electron chi connectivity index (χ0n) is 18.4. The monoisotopic (exact) mass is 540 g/mol. The van der Waals surface area contributed by atoms with Gasteiger partial charge in [0.25, 0.3) is 0 Å². The smallest absolute Gasteiger partial charge is 0.226 e. The third-order valence-electron chi connectivity index (χ3n) is 6.01. The van der Waals surface area contributed by atoms with Gasteiger partial charge in [-0.2, -0.15) is 0 Å². The Morgan fingerprint density at radius 3 is 2.42 bits per heavy atom. The molecule has 2 fully saturated rings. The number of nitrogens with one attached hydrogen (secondary N) is 1. The van der Waals surface area contributed by atoms with Crippen LogP contribution in [0.1, 0.15) is 18.4 Å². The van der Waals surface area contributed by atoms with Crippen LogP contribution in [-0.4, -0.2) is 84.9 Å². The zero-order chi connectivity index (χ0) is 22.0. The van der Waals surface area contributed by atoms with E-state index in [2.05, 4.69) is 25.0 Å². The van der Waals surface area contributed by atoms with Gasteiger partial charge in [0.15, 0.2) is 0 Å². The SMILES string of the molecule is CS(=O)(=O)C[C@H]1CN(C2CCN(c3nnc(N)[nH]3)CC2)[C@@H](Cc2ccc(Cl)cc2)CO1.Cl.Cl. The maximum absolute atomic E-state index is 11.8. The van der Waals surface area contributed by atoms with Crippen LogP contribution in [0.4, 0.5) is 11.9 Å². The Morgan fingerprint density at radius 1 is 1.18 bits per heavy atom. The van der Waals surface area contributed by atoms with Crippen LogP contribution in [0.3, 0.4) is 0 Å². The number of nitrogens with two attached hydrogens (primary N) is 1. The van der Waals surface area contributed by atoms with Gasteiger partial charge in [0.05, 0.1) is 18.5 Å². The highest BCUT2D eigenvalue weighted by Gasteiger charge is 2.36. The van der Waals surface area contributed by atoms with Gasteiger partial charge < -0.3 is 15.4 Å². The molecule has 2 aliphatic rings. The number of piperidine rings is 1. The lowest BCUT2D eigenvalue weighted by atomic mass is 9.96. The quantitative estimate of drug-likeness (QED) is 0.572. The highest BCUT2D eigenvalue weighted by atomic mass is 35.5. The number of aromatic nitrogens is 3. The van der Waals surface area contributed by atoms with Gasteiger partial charge in [0.2, 0.25) is 11.9 Å². The number of nitrogens with zero attached hydrogens (tertiary/aromatic N) is 4. The fraction of sp³-hybridized carbons (Fsp3) is 0.600. The highest BCUT2D eigenvalue weighted by Crippen LogP contribution is 2.27. The molecule has 33 heavy (non-hydrogen) atoms. The number of benzene rings is 1. The minimum absolute atomic E-state index is 0. The van der Waals surface area contributed by atoms with E-state index in [0.717, 1.165) is 32.4 Å². The number of hydrogen-bond acceptors (Lipinski definition) is 8. The number of sulfone groups is 1. The van der Waals surface area contributed by atoms with E-state index in [1.165, 1.54) is 11.8 Å². The second-order valence-electron chi connectivity index (χ2n) is 8.48. The minimum atomic E-state index is -3.11. The molecule has 3 N–H and O–H groups in total. The molecule has 2 aliphatic heterocycles. The molecule has 13 heteroatoms. The molecule has 1 aromatic heterocycles. The van der Waals surface area contributed by atoms with E-state index in [-0.39, 0.29) is 42.7 Å². The summed E-state index contributed by atoms with van der Waals surface area (Å²) in [6.07, 6.45) is 3.69. The molecule has 2 atom stereocenters. The first-order valence-corrected chi connectivity index (χ1v) is 12.9. The van der Waals surface area contributed by atoms with E-state index in [0.29, 0.717) is 36.1 Å². The van der Waals surface area contributed by atoms with Crippen molar-refractivity contribution in [1.29, 1.82) is 0 Å². The summed E-state index contributed by atoms with van der Waals surface area (Å²) < 4.78 is 29.7. The summed E-state index contributed by atoms with van der Waals surface area (Å²) in [5.41, 5.74) is 6.85. The molecule has 9 nitrogen and oxygen atoms in total. The standard InChI is InChI=1S/C20H29ClN6O3S.2ClH/c1-31(28,29)13-18-11-27(17(12-30-18)10-14-2-4-15(21)5-3-14)16-6-8-26(9-7-16)20-23-19(22)24-25-20;;/h2-5,16-18H,6-13H2,1H3,(H3,22,23,24,25);2*1H/t17-,18+;;/m0../s1. The van der Waals surface area contributed by atoms with Gasteiger partial charge >= 0.3 is 0 Å². The predicted molar refractivity (Wildman–Crippen MR) is 136 cm³/mol. The van der Waals surface area contributed by atoms with Crippen molar-refractivity contribution in [3.05, 3.63) is 34.9 Å². The average molecular weight is 542 g/mol. The lowest BCUT2D eigenvalue weighted by molar-refractivity contribution is -0.0731. The van der Waals surface area contributed by atoms with Gasteiger partial charge in [-0.3, -0.25) is 9.88 Å². The Kier molecular flexibility index (Phi) is 10.1. The molecule has 0 amide bonds. The van der Waals surface area contributed by atoms with Crippen LogP contribution in [0.25, 0.3) is 0 Å². The number of ether oxygens (including phenoxy) is 1. The van der Waals surface area contributed by atoms with E-state index in [1.807, 2.05) is 24.3 Å². The number of rotatable bonds is 6. The number of halogens is 3. The van der Waals surface area contributed by atoms with Crippen molar-refractivity contribution in [2.24, 2.45) is 0 Å². The van der Waals surface area contributed by atoms with Crippen molar-refractivity contribution in [2.75, 3.05) is 48.9 Å². The highest BCUT2D eigenvalue weighted by molar-refractivity contribution is 7.90. The topological polar surface area (TPSA) is 117 Å². The van der Waals surface area contributed by atoms with Gasteiger partial charge in [0, 0.05) is 43.0 Å². The summed E-state index contributed by atoms with van der Waals surface area (Å²) in [6.45, 7) is 2.80. The minimum Gasteiger partial charge on any atom is -0.374 e. The summed E-state index contributed by atoms with van der Waals surface area (Å²) in [5, 5.41) is 8.66. The Bertz CT molecular complexity index is 983. The summed E-state index contributed by atoms with van der Waals surface area (Å²) in [4.78, 5) is 7.60. The van der Waals surface area contributed by atoms with Crippen LogP contribution in [0.15, 0.2) is 24.3 Å². The molecule has 0 radical (unpaired) electrons. The fourth-order valence-corrected chi connectivity index (χ4v) is 5.55. The lowest BCUT2D eigenvalue weighted by Crippen LogP contribution is -2.58. The first-order chi connectivity index (χ1) is 14.8. The normalized spacial score (nSPS) is 22.4. The molecule has 1 aromatic carbocycles. The number of nitrogen functional groups attached to an aromatic ring is 1. The third kappa shape index (κ3) is 7.60. The second kappa shape index (κ2) is 11.9. The molecule has 0 aliphatic carbocycles. The molecule has 0 unspecified atom stereocenters. The third-order valence-corrected chi connectivity index (χ3v) is 7.24. The molecule has 3 heterocycles. The van der Waals surface area contributed by atoms with Crippen LogP contribution < -0.4 is 10.6 Å². The van der Waals surface area contributed by atoms with Crippen molar-refractivity contribution >= 4 is 58.1 Å². The van der Waals surface area contributed by atoms with E-state index in [1.54, 1.807) is 0 Å². The Morgan fingerprint density at radius 2 is 1.85 bits per heavy atom. The Labute approximate surface area is 212 Å². The maximum atomic E-state index is 11.8. The summed E-state index contributed by atoms with van der Waals surface area (Å²) in [6, 6.07) is 8.42. The molecule has 186 valence electrons. The Balaban J connectivity index is 0.00000193. The number of H-pyrrole nitrogens is 1. The summed E-state index contributed by atoms with van der Waals surface area (Å²) in [5.74, 6) is 1.07. The second-order valence-corrected chi connectivity index (χ2v) is 11.1. The van der Waals surface area contributed by atoms with Gasteiger partial charge in [-0.25, -0.2) is 8.42 Å². The summed E-state index contributed by atoms with van der Waals surface area (Å²) >= 11 is 6.03. The maximum Gasteiger partial charge on any atom is 0.226 e. The molecule has 4 rings (SSSR count). The van der Waals surface area contributed by atoms with Gasteiger partial charge in [0.1, 0.15) is 9.84 Å². The number of anilines is 2. The van der Waals surface area contributed by atoms with Gasteiger partial charge in [-0.1, -0.05) is 23.7 Å². The molecular weight excluding hydrogens is 511 g/mol. The van der Waals surface area contributed by atoms with E-state index >= 15 is 0 Å². The largest absolute Gasteiger partial charge is 0.374 e. The van der Waals surface area contributed by atoms with Crippen molar-refractivity contribution in [3.63, 3.8) is 0 Å². The van der Waals surface area contributed by atoms with Crippen LogP contribution in [-0.2, 0) is 21.0 Å². The number of aromatic amines is 1. The van der Waals surface area contributed by atoms with E-state index < -0.39 is 9.84 Å². The molecule has 2 saturated heterocycles. The van der Waals surface area contributed by atoms with Crippen molar-refractivity contribution < 1.29 is 13.2 Å². The molecule has 0 spiro atoms. The van der Waals surface area contributed by atoms with E-state index in [4.69, 9.17) is 22.1 Å². The molecule has 0 bridgehead atoms. The first kappa shape index (κ1) is 27.9. The van der Waals surface area contributed by atoms with Crippen LogP contribution in [0, 0.1) is 0 Å². The lowest BCUT2D eigenvalue weighted by Gasteiger charge is -2.46. The first-order valence-electron chi connectivity index (χ1n) is 10.5. The average Bonchev–Trinajstić information content (AvgIpc) is 3.16. The number of morpholine rings is 1. The zero-order valence-corrected chi connectivity index (χ0v) is 21.6. The summed E-state index contributed by atoms with van der Waals surface area (Å²) in [7, 11) is -3.11. The van der Waals surface area contributed by atoms with Gasteiger partial charge in [-0.05, 0) is 37.0 Å². The van der Waals surface area contributed by atoms with Crippen molar-refractivity contribution in [3.8, 4) is 0 Å². The van der Waals surface area contributed by atoms with Crippen molar-refractivity contribution in [1.82, 2.24) is 20.1 Å². The van der Waals surface area contributed by atoms with Crippen LogP contribution >= 0.6 is 36.4 Å².